The van der Waals surface area contributed by atoms with E-state index in [1.54, 1.807) is 20.3 Å². The average molecular weight is 298 g/mol. The Kier molecular flexibility index (Phi) is 7.64. The molecule has 0 fully saturated rings. The minimum absolute atomic E-state index is 0.0601. The van der Waals surface area contributed by atoms with Crippen molar-refractivity contribution in [2.75, 3.05) is 45.9 Å². The van der Waals surface area contributed by atoms with Crippen LogP contribution in [0, 0.1) is 5.82 Å². The first-order valence-corrected chi connectivity index (χ1v) is 7.27. The van der Waals surface area contributed by atoms with Gasteiger partial charge in [0.15, 0.2) is 0 Å². The number of halogens is 1. The van der Waals surface area contributed by atoms with Crippen LogP contribution in [-0.4, -0.2) is 47.1 Å². The number of methoxy groups -OCH3 is 2. The smallest absolute Gasteiger partial charge is 0.146 e. The molecule has 1 aromatic carbocycles. The lowest BCUT2D eigenvalue weighted by molar-refractivity contribution is 0.170. The third kappa shape index (κ3) is 4.66. The highest BCUT2D eigenvalue weighted by Gasteiger charge is 2.22. The molecule has 0 aliphatic carbocycles. The van der Waals surface area contributed by atoms with Crippen LogP contribution in [0.15, 0.2) is 18.2 Å². The summed E-state index contributed by atoms with van der Waals surface area (Å²) in [5, 5.41) is 3.17. The Balaban J connectivity index is 3.21. The second-order valence-electron chi connectivity index (χ2n) is 5.18. The van der Waals surface area contributed by atoms with E-state index in [-0.39, 0.29) is 17.9 Å². The first-order chi connectivity index (χ1) is 10.1. The Labute approximate surface area is 127 Å². The van der Waals surface area contributed by atoms with Crippen LogP contribution in [0.3, 0.4) is 0 Å². The van der Waals surface area contributed by atoms with Gasteiger partial charge < -0.3 is 19.7 Å². The molecule has 1 aromatic rings. The lowest BCUT2D eigenvalue weighted by atomic mass is 10.0. The van der Waals surface area contributed by atoms with Crippen LogP contribution in [0.25, 0.3) is 0 Å². The van der Waals surface area contributed by atoms with Crippen LogP contribution in [-0.2, 0) is 9.47 Å². The SMILES string of the molecule is CNC(C)c1cccc(F)c1N(CCOC)C(C)COC. The van der Waals surface area contributed by atoms with Crippen LogP contribution >= 0.6 is 0 Å². The molecule has 0 aliphatic heterocycles. The number of anilines is 1. The molecule has 2 unspecified atom stereocenters. The van der Waals surface area contributed by atoms with E-state index < -0.39 is 0 Å². The van der Waals surface area contributed by atoms with E-state index in [0.717, 1.165) is 5.56 Å². The summed E-state index contributed by atoms with van der Waals surface area (Å²) in [6.45, 7) is 5.74. The Morgan fingerprint density at radius 1 is 1.24 bits per heavy atom. The van der Waals surface area contributed by atoms with Gasteiger partial charge in [-0.3, -0.25) is 0 Å². The zero-order chi connectivity index (χ0) is 15.8. The molecule has 0 amide bonds. The van der Waals surface area contributed by atoms with Gasteiger partial charge in [0.05, 0.1) is 18.9 Å². The van der Waals surface area contributed by atoms with Crippen molar-refractivity contribution in [1.82, 2.24) is 5.32 Å². The molecular formula is C16H27FN2O2. The lowest BCUT2D eigenvalue weighted by Gasteiger charge is -2.34. The van der Waals surface area contributed by atoms with Crippen molar-refractivity contribution in [1.29, 1.82) is 0 Å². The number of rotatable bonds is 9. The van der Waals surface area contributed by atoms with Crippen molar-refractivity contribution in [2.45, 2.75) is 25.9 Å². The maximum Gasteiger partial charge on any atom is 0.146 e. The van der Waals surface area contributed by atoms with E-state index in [2.05, 4.69) is 5.32 Å². The van der Waals surface area contributed by atoms with Crippen molar-refractivity contribution in [3.05, 3.63) is 29.6 Å². The summed E-state index contributed by atoms with van der Waals surface area (Å²) in [4.78, 5) is 2.02. The van der Waals surface area contributed by atoms with Crippen molar-refractivity contribution in [2.24, 2.45) is 0 Å². The molecule has 0 aliphatic rings. The van der Waals surface area contributed by atoms with Crippen LogP contribution in [0.5, 0.6) is 0 Å². The molecule has 120 valence electrons. The fourth-order valence-electron chi connectivity index (χ4n) is 2.41. The summed E-state index contributed by atoms with van der Waals surface area (Å²) in [7, 11) is 5.18. The Morgan fingerprint density at radius 2 is 1.95 bits per heavy atom. The average Bonchev–Trinajstić information content (AvgIpc) is 2.48. The van der Waals surface area contributed by atoms with Gasteiger partial charge in [0.25, 0.3) is 0 Å². The number of ether oxygens (including phenoxy) is 2. The molecule has 21 heavy (non-hydrogen) atoms. The normalized spacial score (nSPS) is 14.0. The zero-order valence-corrected chi connectivity index (χ0v) is 13.6. The molecule has 0 aromatic heterocycles. The number of benzene rings is 1. The highest BCUT2D eigenvalue weighted by molar-refractivity contribution is 5.57. The van der Waals surface area contributed by atoms with E-state index in [4.69, 9.17) is 9.47 Å². The molecule has 0 radical (unpaired) electrons. The molecule has 4 nitrogen and oxygen atoms in total. The molecule has 1 rings (SSSR count). The van der Waals surface area contributed by atoms with Gasteiger partial charge in [0.2, 0.25) is 0 Å². The molecule has 2 atom stereocenters. The fourth-order valence-corrected chi connectivity index (χ4v) is 2.41. The molecule has 0 saturated carbocycles. The molecular weight excluding hydrogens is 271 g/mol. The second kappa shape index (κ2) is 8.97. The highest BCUT2D eigenvalue weighted by atomic mass is 19.1. The minimum atomic E-state index is -0.214. The third-order valence-corrected chi connectivity index (χ3v) is 3.68. The van der Waals surface area contributed by atoms with E-state index in [1.807, 2.05) is 31.9 Å². The summed E-state index contributed by atoms with van der Waals surface area (Å²) in [5.74, 6) is -0.214. The Morgan fingerprint density at radius 3 is 2.52 bits per heavy atom. The van der Waals surface area contributed by atoms with E-state index >= 15 is 0 Å². The largest absolute Gasteiger partial charge is 0.383 e. The molecule has 1 N–H and O–H groups in total. The monoisotopic (exact) mass is 298 g/mol. The van der Waals surface area contributed by atoms with Crippen molar-refractivity contribution < 1.29 is 13.9 Å². The van der Waals surface area contributed by atoms with Gasteiger partial charge in [-0.15, -0.1) is 0 Å². The summed E-state index contributed by atoms with van der Waals surface area (Å²) in [6.07, 6.45) is 0. The summed E-state index contributed by atoms with van der Waals surface area (Å²) in [5.41, 5.74) is 1.57. The summed E-state index contributed by atoms with van der Waals surface area (Å²) in [6, 6.07) is 5.33. The van der Waals surface area contributed by atoms with Gasteiger partial charge in [-0.1, -0.05) is 12.1 Å². The predicted octanol–water partition coefficient (Wildman–Crippen LogP) is 2.59. The number of hydrogen-bond acceptors (Lipinski definition) is 4. The maximum atomic E-state index is 14.5. The molecule has 0 spiro atoms. The zero-order valence-electron chi connectivity index (χ0n) is 13.6. The van der Waals surface area contributed by atoms with Crippen molar-refractivity contribution in [3.8, 4) is 0 Å². The van der Waals surface area contributed by atoms with Crippen LogP contribution in [0.2, 0.25) is 0 Å². The van der Waals surface area contributed by atoms with E-state index in [9.17, 15) is 4.39 Å². The fraction of sp³-hybridized carbons (Fsp3) is 0.625. The second-order valence-corrected chi connectivity index (χ2v) is 5.18. The van der Waals surface area contributed by atoms with Crippen molar-refractivity contribution in [3.63, 3.8) is 0 Å². The number of para-hydroxylation sites is 1. The van der Waals surface area contributed by atoms with Gasteiger partial charge in [0.1, 0.15) is 5.82 Å². The number of nitrogens with zero attached hydrogens (tertiary/aromatic N) is 1. The topological polar surface area (TPSA) is 33.7 Å². The Hall–Kier alpha value is -1.17. The molecule has 0 saturated heterocycles. The lowest BCUT2D eigenvalue weighted by Crippen LogP contribution is -2.40. The highest BCUT2D eigenvalue weighted by Crippen LogP contribution is 2.30. The van der Waals surface area contributed by atoms with Gasteiger partial charge >= 0.3 is 0 Å². The molecule has 0 heterocycles. The standard InChI is InChI=1S/C16H27FN2O2/c1-12(11-21-5)19(9-10-20-4)16-14(13(2)18-3)7-6-8-15(16)17/h6-8,12-13,18H,9-11H2,1-5H3. The number of hydrogen-bond donors (Lipinski definition) is 1. The van der Waals surface area contributed by atoms with E-state index in [1.165, 1.54) is 6.07 Å². The Bertz CT molecular complexity index is 429. The van der Waals surface area contributed by atoms with Gasteiger partial charge in [-0.25, -0.2) is 4.39 Å². The van der Waals surface area contributed by atoms with Crippen LogP contribution < -0.4 is 10.2 Å². The number of nitrogens with one attached hydrogen (secondary N) is 1. The van der Waals surface area contributed by atoms with Crippen molar-refractivity contribution >= 4 is 5.69 Å². The molecule has 5 heteroatoms. The third-order valence-electron chi connectivity index (χ3n) is 3.68. The summed E-state index contributed by atoms with van der Waals surface area (Å²) < 4.78 is 24.9. The van der Waals surface area contributed by atoms with Crippen LogP contribution in [0.1, 0.15) is 25.5 Å². The van der Waals surface area contributed by atoms with Gasteiger partial charge in [-0.05, 0) is 32.5 Å². The minimum Gasteiger partial charge on any atom is -0.383 e. The van der Waals surface area contributed by atoms with Crippen LogP contribution in [0.4, 0.5) is 10.1 Å². The summed E-state index contributed by atoms with van der Waals surface area (Å²) >= 11 is 0. The van der Waals surface area contributed by atoms with Gasteiger partial charge in [-0.2, -0.15) is 0 Å². The van der Waals surface area contributed by atoms with Gasteiger partial charge in [0, 0.05) is 32.8 Å². The first kappa shape index (κ1) is 17.9. The molecule has 0 bridgehead atoms. The van der Waals surface area contributed by atoms with E-state index in [0.29, 0.717) is 25.4 Å². The quantitative estimate of drug-likeness (QED) is 0.760. The maximum absolute atomic E-state index is 14.5. The first-order valence-electron chi connectivity index (χ1n) is 7.27. The predicted molar refractivity (Wildman–Crippen MR) is 84.4 cm³/mol.